The summed E-state index contributed by atoms with van der Waals surface area (Å²) in [4.78, 5) is 0. The SMILES string of the molecule is COCc1ccc(C2CCCCN2)c2c1OCCO2. The normalized spacial score (nSPS) is 22.3. The van der Waals surface area contributed by atoms with Crippen LogP contribution in [0.25, 0.3) is 0 Å². The summed E-state index contributed by atoms with van der Waals surface area (Å²) in [6.07, 6.45) is 3.70. The monoisotopic (exact) mass is 263 g/mol. The lowest BCUT2D eigenvalue weighted by Gasteiger charge is -2.29. The van der Waals surface area contributed by atoms with Crippen LogP contribution in [-0.4, -0.2) is 26.9 Å². The molecule has 0 bridgehead atoms. The summed E-state index contributed by atoms with van der Waals surface area (Å²) in [5, 5.41) is 3.57. The largest absolute Gasteiger partial charge is 0.486 e. The van der Waals surface area contributed by atoms with E-state index in [1.54, 1.807) is 7.11 Å². The first-order valence-electron chi connectivity index (χ1n) is 7.04. The van der Waals surface area contributed by atoms with Gasteiger partial charge in [-0.05, 0) is 19.4 Å². The summed E-state index contributed by atoms with van der Waals surface area (Å²) in [6, 6.07) is 4.65. The maximum atomic E-state index is 5.87. The Kier molecular flexibility index (Phi) is 3.89. The molecular weight excluding hydrogens is 242 g/mol. The number of nitrogens with one attached hydrogen (secondary N) is 1. The molecule has 2 aliphatic heterocycles. The van der Waals surface area contributed by atoms with Gasteiger partial charge >= 0.3 is 0 Å². The molecule has 0 aliphatic carbocycles. The molecule has 1 fully saturated rings. The molecule has 1 unspecified atom stereocenters. The zero-order valence-corrected chi connectivity index (χ0v) is 11.4. The average molecular weight is 263 g/mol. The molecular formula is C15H21NO3. The Morgan fingerprint density at radius 1 is 1.21 bits per heavy atom. The lowest BCUT2D eigenvalue weighted by Crippen LogP contribution is -2.28. The van der Waals surface area contributed by atoms with Crippen LogP contribution in [0, 0.1) is 0 Å². The fourth-order valence-electron chi connectivity index (χ4n) is 2.87. The summed E-state index contributed by atoms with van der Waals surface area (Å²) < 4.78 is 16.9. The van der Waals surface area contributed by atoms with Gasteiger partial charge in [-0.2, -0.15) is 0 Å². The van der Waals surface area contributed by atoms with Crippen molar-refractivity contribution in [3.63, 3.8) is 0 Å². The number of ether oxygens (including phenoxy) is 3. The Labute approximate surface area is 114 Å². The second-order valence-corrected chi connectivity index (χ2v) is 5.10. The van der Waals surface area contributed by atoms with Crippen molar-refractivity contribution < 1.29 is 14.2 Å². The van der Waals surface area contributed by atoms with Gasteiger partial charge in [0.2, 0.25) is 0 Å². The number of piperidine rings is 1. The van der Waals surface area contributed by atoms with E-state index in [0.717, 1.165) is 23.6 Å². The van der Waals surface area contributed by atoms with E-state index in [9.17, 15) is 0 Å². The van der Waals surface area contributed by atoms with Crippen LogP contribution in [0.15, 0.2) is 12.1 Å². The van der Waals surface area contributed by atoms with Crippen LogP contribution >= 0.6 is 0 Å². The second-order valence-electron chi connectivity index (χ2n) is 5.10. The van der Waals surface area contributed by atoms with Gasteiger partial charge in [0.15, 0.2) is 11.5 Å². The maximum absolute atomic E-state index is 5.87. The molecule has 1 saturated heterocycles. The molecule has 19 heavy (non-hydrogen) atoms. The lowest BCUT2D eigenvalue weighted by molar-refractivity contribution is 0.150. The van der Waals surface area contributed by atoms with Gasteiger partial charge in [-0.1, -0.05) is 18.6 Å². The molecule has 3 rings (SSSR count). The second kappa shape index (κ2) is 5.80. The van der Waals surface area contributed by atoms with Crippen molar-refractivity contribution in [2.45, 2.75) is 31.9 Å². The van der Waals surface area contributed by atoms with Crippen LogP contribution in [0.3, 0.4) is 0 Å². The van der Waals surface area contributed by atoms with E-state index in [4.69, 9.17) is 14.2 Å². The highest BCUT2D eigenvalue weighted by Crippen LogP contribution is 2.41. The predicted molar refractivity (Wildman–Crippen MR) is 72.7 cm³/mol. The minimum atomic E-state index is 0.390. The summed E-state index contributed by atoms with van der Waals surface area (Å²) in [5.41, 5.74) is 2.30. The molecule has 0 saturated carbocycles. The Balaban J connectivity index is 1.95. The van der Waals surface area contributed by atoms with Gasteiger partial charge in [0, 0.05) is 24.3 Å². The first kappa shape index (κ1) is 12.8. The van der Waals surface area contributed by atoms with Gasteiger partial charge in [0.1, 0.15) is 13.2 Å². The van der Waals surface area contributed by atoms with Crippen molar-refractivity contribution in [1.29, 1.82) is 0 Å². The van der Waals surface area contributed by atoms with Crippen LogP contribution in [0.1, 0.15) is 36.4 Å². The summed E-state index contributed by atoms with van der Waals surface area (Å²) >= 11 is 0. The number of methoxy groups -OCH3 is 1. The number of hydrogen-bond donors (Lipinski definition) is 1. The summed E-state index contributed by atoms with van der Waals surface area (Å²) in [5.74, 6) is 1.79. The molecule has 4 nitrogen and oxygen atoms in total. The highest BCUT2D eigenvalue weighted by molar-refractivity contribution is 5.53. The number of hydrogen-bond acceptors (Lipinski definition) is 4. The van der Waals surface area contributed by atoms with Gasteiger partial charge in [-0.3, -0.25) is 0 Å². The molecule has 0 radical (unpaired) electrons. The van der Waals surface area contributed by atoms with E-state index >= 15 is 0 Å². The third-order valence-electron chi connectivity index (χ3n) is 3.79. The van der Waals surface area contributed by atoms with Crippen LogP contribution in [0.5, 0.6) is 11.5 Å². The molecule has 0 aromatic heterocycles. The molecule has 2 heterocycles. The fourth-order valence-corrected chi connectivity index (χ4v) is 2.87. The molecule has 0 amide bonds. The van der Waals surface area contributed by atoms with Crippen molar-refractivity contribution in [2.75, 3.05) is 26.9 Å². The zero-order valence-electron chi connectivity index (χ0n) is 11.4. The molecule has 1 N–H and O–H groups in total. The number of fused-ring (bicyclic) bond motifs is 1. The van der Waals surface area contributed by atoms with Crippen LogP contribution in [0.4, 0.5) is 0 Å². The van der Waals surface area contributed by atoms with Crippen molar-refractivity contribution >= 4 is 0 Å². The predicted octanol–water partition coefficient (Wildman–Crippen LogP) is 2.42. The Morgan fingerprint density at radius 2 is 2.05 bits per heavy atom. The van der Waals surface area contributed by atoms with E-state index < -0.39 is 0 Å². The van der Waals surface area contributed by atoms with Gasteiger partial charge in [-0.25, -0.2) is 0 Å². The fraction of sp³-hybridized carbons (Fsp3) is 0.600. The number of benzene rings is 1. The Hall–Kier alpha value is -1.26. The Morgan fingerprint density at radius 3 is 2.79 bits per heavy atom. The molecule has 0 spiro atoms. The highest BCUT2D eigenvalue weighted by atomic mass is 16.6. The lowest BCUT2D eigenvalue weighted by atomic mass is 9.95. The molecule has 2 aliphatic rings. The van der Waals surface area contributed by atoms with E-state index in [0.29, 0.717) is 25.9 Å². The van der Waals surface area contributed by atoms with Gasteiger partial charge in [-0.15, -0.1) is 0 Å². The summed E-state index contributed by atoms with van der Waals surface area (Å²) in [7, 11) is 1.70. The van der Waals surface area contributed by atoms with Crippen molar-refractivity contribution in [1.82, 2.24) is 5.32 Å². The minimum absolute atomic E-state index is 0.390. The standard InChI is InChI=1S/C15H21NO3/c1-17-10-11-5-6-12(13-4-2-3-7-16-13)15-14(11)18-8-9-19-15/h5-6,13,16H,2-4,7-10H2,1H3. The summed E-state index contributed by atoms with van der Waals surface area (Å²) in [6.45, 7) is 2.89. The first-order valence-corrected chi connectivity index (χ1v) is 7.04. The average Bonchev–Trinajstić information content (AvgIpc) is 2.49. The van der Waals surface area contributed by atoms with Crippen molar-refractivity contribution in [3.8, 4) is 11.5 Å². The van der Waals surface area contributed by atoms with Crippen LogP contribution in [-0.2, 0) is 11.3 Å². The van der Waals surface area contributed by atoms with Crippen LogP contribution < -0.4 is 14.8 Å². The molecule has 1 aromatic carbocycles. The maximum Gasteiger partial charge on any atom is 0.167 e. The van der Waals surface area contributed by atoms with E-state index in [-0.39, 0.29) is 0 Å². The third kappa shape index (κ3) is 2.55. The van der Waals surface area contributed by atoms with Crippen LogP contribution in [0.2, 0.25) is 0 Å². The zero-order chi connectivity index (χ0) is 13.1. The smallest absolute Gasteiger partial charge is 0.167 e. The highest BCUT2D eigenvalue weighted by Gasteiger charge is 2.25. The Bertz CT molecular complexity index is 441. The van der Waals surface area contributed by atoms with Crippen molar-refractivity contribution in [3.05, 3.63) is 23.3 Å². The van der Waals surface area contributed by atoms with E-state index in [1.807, 2.05) is 0 Å². The van der Waals surface area contributed by atoms with Crippen molar-refractivity contribution in [2.24, 2.45) is 0 Å². The topological polar surface area (TPSA) is 39.7 Å². The first-order chi connectivity index (χ1) is 9.40. The molecule has 4 heteroatoms. The quantitative estimate of drug-likeness (QED) is 0.909. The molecule has 1 aromatic rings. The van der Waals surface area contributed by atoms with Gasteiger partial charge in [0.25, 0.3) is 0 Å². The number of rotatable bonds is 3. The minimum Gasteiger partial charge on any atom is -0.486 e. The molecule has 104 valence electrons. The van der Waals surface area contributed by atoms with Gasteiger partial charge in [0.05, 0.1) is 6.61 Å². The van der Waals surface area contributed by atoms with E-state index in [2.05, 4.69) is 17.4 Å². The third-order valence-corrected chi connectivity index (χ3v) is 3.79. The van der Waals surface area contributed by atoms with Gasteiger partial charge < -0.3 is 19.5 Å². The molecule has 1 atom stereocenters. The van der Waals surface area contributed by atoms with E-state index in [1.165, 1.54) is 24.8 Å².